The molecule has 1 aliphatic heterocycles. The molecule has 180 valence electrons. The maximum atomic E-state index is 6.35. The Kier molecular flexibility index (Phi) is 7.22. The molecule has 2 aromatic heterocycles. The predicted molar refractivity (Wildman–Crippen MR) is 140 cm³/mol. The SMILES string of the molecule is CN1CCC(Nc2nc(N=NCc3nccn3Cc3cccc(Cl)c3Cl)nc3ccccc23)CC1. The lowest BCUT2D eigenvalue weighted by atomic mass is 10.1. The second-order valence-corrected chi connectivity index (χ2v) is 9.48. The number of hydrogen-bond acceptors (Lipinski definition) is 7. The summed E-state index contributed by atoms with van der Waals surface area (Å²) in [6, 6.07) is 13.9. The summed E-state index contributed by atoms with van der Waals surface area (Å²) < 4.78 is 1.98. The molecule has 0 aliphatic carbocycles. The zero-order valence-electron chi connectivity index (χ0n) is 19.4. The molecule has 1 saturated heterocycles. The molecule has 2 aromatic carbocycles. The van der Waals surface area contributed by atoms with Crippen molar-refractivity contribution >= 4 is 45.9 Å². The van der Waals surface area contributed by atoms with Crippen LogP contribution in [-0.4, -0.2) is 50.6 Å². The quantitative estimate of drug-likeness (QED) is 0.310. The Morgan fingerprint density at radius 3 is 2.74 bits per heavy atom. The smallest absolute Gasteiger partial charge is 0.270 e. The Labute approximate surface area is 214 Å². The lowest BCUT2D eigenvalue weighted by Gasteiger charge is -2.30. The molecular formula is C25H26Cl2N8. The normalized spacial score (nSPS) is 15.3. The van der Waals surface area contributed by atoms with Gasteiger partial charge in [0.2, 0.25) is 0 Å². The first-order chi connectivity index (χ1) is 17.1. The van der Waals surface area contributed by atoms with Crippen LogP contribution in [0.25, 0.3) is 10.9 Å². The molecule has 3 heterocycles. The van der Waals surface area contributed by atoms with E-state index >= 15 is 0 Å². The minimum absolute atomic E-state index is 0.291. The second kappa shape index (κ2) is 10.7. The largest absolute Gasteiger partial charge is 0.367 e. The van der Waals surface area contributed by atoms with Gasteiger partial charge in [0.05, 0.1) is 22.1 Å². The van der Waals surface area contributed by atoms with E-state index in [1.807, 2.05) is 47.2 Å². The van der Waals surface area contributed by atoms with Crippen LogP contribution >= 0.6 is 23.2 Å². The number of nitrogens with zero attached hydrogens (tertiary/aromatic N) is 7. The number of hydrogen-bond donors (Lipinski definition) is 1. The average molecular weight is 509 g/mol. The van der Waals surface area contributed by atoms with Gasteiger partial charge in [-0.05, 0) is 56.7 Å². The fourth-order valence-electron chi connectivity index (χ4n) is 4.22. The fourth-order valence-corrected chi connectivity index (χ4v) is 4.60. The Hall–Kier alpha value is -3.07. The number of anilines is 1. The van der Waals surface area contributed by atoms with E-state index in [9.17, 15) is 0 Å². The van der Waals surface area contributed by atoms with E-state index in [2.05, 4.69) is 42.4 Å². The zero-order valence-corrected chi connectivity index (χ0v) is 20.9. The number of nitrogens with one attached hydrogen (secondary N) is 1. The van der Waals surface area contributed by atoms with Crippen molar-refractivity contribution in [1.82, 2.24) is 24.4 Å². The number of para-hydroxylation sites is 1. The van der Waals surface area contributed by atoms with Gasteiger partial charge in [0, 0.05) is 23.8 Å². The fraction of sp³-hybridized carbons (Fsp3) is 0.320. The third kappa shape index (κ3) is 5.61. The summed E-state index contributed by atoms with van der Waals surface area (Å²) in [4.78, 5) is 16.1. The van der Waals surface area contributed by atoms with Crippen molar-refractivity contribution in [3.63, 3.8) is 0 Å². The minimum atomic E-state index is 0.291. The highest BCUT2D eigenvalue weighted by Gasteiger charge is 2.18. The average Bonchev–Trinajstić information content (AvgIpc) is 3.30. The molecule has 0 unspecified atom stereocenters. The van der Waals surface area contributed by atoms with Crippen LogP contribution in [0.3, 0.4) is 0 Å². The molecule has 35 heavy (non-hydrogen) atoms. The monoisotopic (exact) mass is 508 g/mol. The van der Waals surface area contributed by atoms with Crippen molar-refractivity contribution in [1.29, 1.82) is 0 Å². The predicted octanol–water partition coefficient (Wildman–Crippen LogP) is 5.97. The first-order valence-corrected chi connectivity index (χ1v) is 12.3. The van der Waals surface area contributed by atoms with Crippen molar-refractivity contribution in [2.45, 2.75) is 32.0 Å². The third-order valence-corrected chi connectivity index (χ3v) is 7.06. The van der Waals surface area contributed by atoms with E-state index in [4.69, 9.17) is 23.2 Å². The lowest BCUT2D eigenvalue weighted by molar-refractivity contribution is 0.264. The van der Waals surface area contributed by atoms with Gasteiger partial charge in [-0.15, -0.1) is 5.11 Å². The van der Waals surface area contributed by atoms with Gasteiger partial charge in [-0.3, -0.25) is 0 Å². The van der Waals surface area contributed by atoms with Crippen LogP contribution in [0.1, 0.15) is 24.2 Å². The molecule has 0 radical (unpaired) electrons. The molecule has 1 fully saturated rings. The van der Waals surface area contributed by atoms with E-state index in [-0.39, 0.29) is 0 Å². The van der Waals surface area contributed by atoms with Crippen molar-refractivity contribution in [3.8, 4) is 0 Å². The van der Waals surface area contributed by atoms with Crippen molar-refractivity contribution in [2.75, 3.05) is 25.5 Å². The molecule has 4 aromatic rings. The molecule has 10 heteroatoms. The zero-order chi connectivity index (χ0) is 24.2. The maximum Gasteiger partial charge on any atom is 0.270 e. The van der Waals surface area contributed by atoms with Crippen LogP contribution < -0.4 is 5.32 Å². The Morgan fingerprint density at radius 2 is 1.89 bits per heavy atom. The van der Waals surface area contributed by atoms with Crippen LogP contribution in [-0.2, 0) is 13.1 Å². The van der Waals surface area contributed by atoms with E-state index in [0.717, 1.165) is 54.0 Å². The molecule has 0 spiro atoms. The van der Waals surface area contributed by atoms with Gasteiger partial charge in [-0.2, -0.15) is 10.1 Å². The summed E-state index contributed by atoms with van der Waals surface area (Å²) in [6.45, 7) is 2.97. The summed E-state index contributed by atoms with van der Waals surface area (Å²) in [7, 11) is 2.16. The van der Waals surface area contributed by atoms with Gasteiger partial charge in [0.1, 0.15) is 18.2 Å². The summed E-state index contributed by atoms with van der Waals surface area (Å²) in [5, 5.41) is 14.4. The number of likely N-dealkylation sites (tertiary alicyclic amines) is 1. The topological polar surface area (TPSA) is 83.6 Å². The molecule has 1 aliphatic rings. The van der Waals surface area contributed by atoms with Crippen LogP contribution in [0.5, 0.6) is 0 Å². The standard InChI is InChI=1S/C25H26Cl2N8/c1-34-12-9-18(10-13-34)30-24-19-6-2-3-8-21(19)31-25(32-24)33-29-15-22-28-11-14-35(22)16-17-5-4-7-20(26)23(17)27/h2-8,11,14,18H,9-10,12-13,15-16H2,1H3,(H,30,31,32). The number of azo groups is 1. The summed E-state index contributed by atoms with van der Waals surface area (Å²) in [6.07, 6.45) is 5.77. The summed E-state index contributed by atoms with van der Waals surface area (Å²) >= 11 is 12.5. The molecule has 0 amide bonds. The van der Waals surface area contributed by atoms with E-state index in [1.165, 1.54) is 0 Å². The van der Waals surface area contributed by atoms with E-state index in [0.29, 0.717) is 35.1 Å². The van der Waals surface area contributed by atoms with Crippen molar-refractivity contribution in [3.05, 3.63) is 76.3 Å². The van der Waals surface area contributed by atoms with Gasteiger partial charge in [-0.25, -0.2) is 9.97 Å². The van der Waals surface area contributed by atoms with E-state index in [1.54, 1.807) is 12.3 Å². The number of benzene rings is 2. The molecule has 0 atom stereocenters. The molecule has 0 saturated carbocycles. The highest BCUT2D eigenvalue weighted by Crippen LogP contribution is 2.27. The van der Waals surface area contributed by atoms with E-state index < -0.39 is 0 Å². The summed E-state index contributed by atoms with van der Waals surface area (Å²) in [5.74, 6) is 1.89. The highest BCUT2D eigenvalue weighted by atomic mass is 35.5. The second-order valence-electron chi connectivity index (χ2n) is 8.70. The number of imidazole rings is 1. The van der Waals surface area contributed by atoms with Gasteiger partial charge in [0.25, 0.3) is 5.95 Å². The van der Waals surface area contributed by atoms with Crippen LogP contribution in [0.15, 0.2) is 65.1 Å². The molecular weight excluding hydrogens is 483 g/mol. The minimum Gasteiger partial charge on any atom is -0.367 e. The van der Waals surface area contributed by atoms with Crippen LogP contribution in [0.4, 0.5) is 11.8 Å². The number of fused-ring (bicyclic) bond motifs is 1. The number of piperidine rings is 1. The third-order valence-electron chi connectivity index (χ3n) is 6.20. The number of rotatable bonds is 7. The lowest BCUT2D eigenvalue weighted by Crippen LogP contribution is -2.36. The number of aromatic nitrogens is 4. The molecule has 1 N–H and O–H groups in total. The Bertz CT molecular complexity index is 1340. The van der Waals surface area contributed by atoms with Gasteiger partial charge >= 0.3 is 0 Å². The number of halogens is 2. The maximum absolute atomic E-state index is 6.35. The van der Waals surface area contributed by atoms with Gasteiger partial charge in [0.15, 0.2) is 0 Å². The molecule has 5 rings (SSSR count). The van der Waals surface area contributed by atoms with Crippen LogP contribution in [0, 0.1) is 0 Å². The highest BCUT2D eigenvalue weighted by molar-refractivity contribution is 6.42. The van der Waals surface area contributed by atoms with Crippen molar-refractivity contribution in [2.24, 2.45) is 10.2 Å². The van der Waals surface area contributed by atoms with Gasteiger partial charge in [-0.1, -0.05) is 47.5 Å². The van der Waals surface area contributed by atoms with Crippen molar-refractivity contribution < 1.29 is 0 Å². The van der Waals surface area contributed by atoms with Gasteiger partial charge < -0.3 is 14.8 Å². The molecule has 8 nitrogen and oxygen atoms in total. The first kappa shape index (κ1) is 23.7. The van der Waals surface area contributed by atoms with Crippen LogP contribution in [0.2, 0.25) is 10.0 Å². The Morgan fingerprint density at radius 1 is 1.06 bits per heavy atom. The Balaban J connectivity index is 1.33. The molecule has 0 bridgehead atoms. The first-order valence-electron chi connectivity index (χ1n) is 11.6. The summed E-state index contributed by atoms with van der Waals surface area (Å²) in [5.41, 5.74) is 1.75.